The van der Waals surface area contributed by atoms with Crippen LogP contribution in [0, 0.1) is 20.8 Å². The Morgan fingerprint density at radius 1 is 1.22 bits per heavy atom. The van der Waals surface area contributed by atoms with Gasteiger partial charge in [0.1, 0.15) is 12.4 Å². The number of aryl methyl sites for hydroxylation is 3. The Balaban J connectivity index is 1.53. The van der Waals surface area contributed by atoms with E-state index in [-0.39, 0.29) is 11.9 Å². The van der Waals surface area contributed by atoms with Crippen molar-refractivity contribution >= 4 is 17.2 Å². The minimum absolute atomic E-state index is 0.00939. The number of ether oxygens (including phenoxy) is 1. The SMILES string of the molecule is Cc1ccc(OCc2csc(C(=O)NC(C)Cn3nc(C)cc3C)c2)cc1. The molecule has 0 bridgehead atoms. The summed E-state index contributed by atoms with van der Waals surface area (Å²) < 4.78 is 7.71. The number of aromatic nitrogens is 2. The monoisotopic (exact) mass is 383 g/mol. The number of hydrogen-bond acceptors (Lipinski definition) is 4. The first-order chi connectivity index (χ1) is 12.9. The number of nitrogens with one attached hydrogen (secondary N) is 1. The van der Waals surface area contributed by atoms with Gasteiger partial charge in [-0.2, -0.15) is 5.10 Å². The zero-order valence-corrected chi connectivity index (χ0v) is 17.0. The van der Waals surface area contributed by atoms with Crippen LogP contribution in [0.2, 0.25) is 0 Å². The molecule has 0 aliphatic rings. The Labute approximate surface area is 164 Å². The highest BCUT2D eigenvalue weighted by Gasteiger charge is 2.14. The van der Waals surface area contributed by atoms with E-state index in [0.29, 0.717) is 18.0 Å². The lowest BCUT2D eigenvalue weighted by Crippen LogP contribution is -2.35. The summed E-state index contributed by atoms with van der Waals surface area (Å²) in [6.45, 7) is 9.13. The van der Waals surface area contributed by atoms with Crippen LogP contribution in [-0.4, -0.2) is 21.7 Å². The van der Waals surface area contributed by atoms with Crippen LogP contribution in [0.3, 0.4) is 0 Å². The Kier molecular flexibility index (Phi) is 5.96. The van der Waals surface area contributed by atoms with Gasteiger partial charge in [0.15, 0.2) is 0 Å². The van der Waals surface area contributed by atoms with Crippen LogP contribution in [-0.2, 0) is 13.2 Å². The van der Waals surface area contributed by atoms with Crippen LogP contribution in [0.4, 0.5) is 0 Å². The number of amides is 1. The van der Waals surface area contributed by atoms with Crippen LogP contribution < -0.4 is 10.1 Å². The first kappa shape index (κ1) is 19.2. The van der Waals surface area contributed by atoms with E-state index >= 15 is 0 Å². The van der Waals surface area contributed by atoms with Crippen LogP contribution in [0.1, 0.15) is 39.1 Å². The highest BCUT2D eigenvalue weighted by Crippen LogP contribution is 2.18. The molecule has 0 aliphatic heterocycles. The summed E-state index contributed by atoms with van der Waals surface area (Å²) in [5, 5.41) is 9.46. The third-order valence-electron chi connectivity index (χ3n) is 4.23. The summed E-state index contributed by atoms with van der Waals surface area (Å²) in [5.74, 6) is 0.770. The predicted octanol–water partition coefficient (Wildman–Crippen LogP) is 4.27. The molecule has 0 radical (unpaired) electrons. The zero-order valence-electron chi connectivity index (χ0n) is 16.2. The summed E-state index contributed by atoms with van der Waals surface area (Å²) >= 11 is 1.44. The third kappa shape index (κ3) is 5.20. The standard InChI is InChI=1S/C21H25N3O2S/c1-14-5-7-19(8-6-14)26-12-18-10-20(27-13-18)21(25)22-16(3)11-24-17(4)9-15(2)23-24/h5-10,13,16H,11-12H2,1-4H3,(H,22,25). The first-order valence-electron chi connectivity index (χ1n) is 8.99. The molecule has 1 unspecified atom stereocenters. The lowest BCUT2D eigenvalue weighted by Gasteiger charge is -2.14. The molecule has 2 aromatic heterocycles. The van der Waals surface area contributed by atoms with Crippen molar-refractivity contribution < 1.29 is 9.53 Å². The van der Waals surface area contributed by atoms with Gasteiger partial charge in [0, 0.05) is 17.3 Å². The fourth-order valence-corrected chi connectivity index (χ4v) is 3.63. The van der Waals surface area contributed by atoms with Gasteiger partial charge >= 0.3 is 0 Å². The molecule has 1 N–H and O–H groups in total. The summed E-state index contributed by atoms with van der Waals surface area (Å²) in [7, 11) is 0. The van der Waals surface area contributed by atoms with Crippen molar-refractivity contribution in [2.75, 3.05) is 0 Å². The molecule has 0 spiro atoms. The fraction of sp³-hybridized carbons (Fsp3) is 0.333. The number of nitrogens with zero attached hydrogens (tertiary/aromatic N) is 2. The van der Waals surface area contributed by atoms with Gasteiger partial charge in [-0.3, -0.25) is 9.48 Å². The van der Waals surface area contributed by atoms with Gasteiger partial charge in [-0.15, -0.1) is 11.3 Å². The van der Waals surface area contributed by atoms with Gasteiger partial charge in [-0.1, -0.05) is 17.7 Å². The number of thiophene rings is 1. The van der Waals surface area contributed by atoms with E-state index in [1.54, 1.807) is 0 Å². The van der Waals surface area contributed by atoms with E-state index in [1.807, 2.05) is 74.2 Å². The summed E-state index contributed by atoms with van der Waals surface area (Å²) in [4.78, 5) is 13.2. The van der Waals surface area contributed by atoms with Gasteiger partial charge in [-0.05, 0) is 57.3 Å². The smallest absolute Gasteiger partial charge is 0.261 e. The Bertz CT molecular complexity index is 912. The molecular formula is C21H25N3O2S. The number of hydrogen-bond donors (Lipinski definition) is 1. The molecule has 0 saturated carbocycles. The topological polar surface area (TPSA) is 56.1 Å². The maximum absolute atomic E-state index is 12.5. The van der Waals surface area contributed by atoms with Crippen molar-refractivity contribution in [3.63, 3.8) is 0 Å². The zero-order chi connectivity index (χ0) is 19.4. The minimum atomic E-state index is -0.0596. The van der Waals surface area contributed by atoms with Crippen LogP contribution >= 0.6 is 11.3 Å². The van der Waals surface area contributed by atoms with Crippen molar-refractivity contribution in [1.29, 1.82) is 0 Å². The Morgan fingerprint density at radius 2 is 1.96 bits per heavy atom. The highest BCUT2D eigenvalue weighted by molar-refractivity contribution is 7.12. The average Bonchev–Trinajstić information content (AvgIpc) is 3.21. The molecule has 1 atom stereocenters. The van der Waals surface area contributed by atoms with Crippen molar-refractivity contribution in [1.82, 2.24) is 15.1 Å². The minimum Gasteiger partial charge on any atom is -0.489 e. The van der Waals surface area contributed by atoms with Gasteiger partial charge in [0.05, 0.1) is 17.1 Å². The molecule has 0 fully saturated rings. The Morgan fingerprint density at radius 3 is 2.63 bits per heavy atom. The largest absolute Gasteiger partial charge is 0.489 e. The molecule has 3 aromatic rings. The van der Waals surface area contributed by atoms with E-state index in [9.17, 15) is 4.79 Å². The van der Waals surface area contributed by atoms with Crippen molar-refractivity contribution in [2.24, 2.45) is 0 Å². The quantitative estimate of drug-likeness (QED) is 0.663. The number of carbonyl (C=O) groups excluding carboxylic acids is 1. The second kappa shape index (κ2) is 8.39. The van der Waals surface area contributed by atoms with Gasteiger partial charge in [0.2, 0.25) is 0 Å². The second-order valence-corrected chi connectivity index (χ2v) is 7.82. The molecule has 5 nitrogen and oxygen atoms in total. The summed E-state index contributed by atoms with van der Waals surface area (Å²) in [6.07, 6.45) is 0. The van der Waals surface area contributed by atoms with E-state index in [0.717, 1.165) is 22.7 Å². The number of carbonyl (C=O) groups is 1. The molecule has 27 heavy (non-hydrogen) atoms. The van der Waals surface area contributed by atoms with Crippen LogP contribution in [0.25, 0.3) is 0 Å². The molecule has 3 rings (SSSR count). The van der Waals surface area contributed by atoms with Crippen molar-refractivity contribution in [3.8, 4) is 5.75 Å². The maximum Gasteiger partial charge on any atom is 0.261 e. The van der Waals surface area contributed by atoms with Crippen molar-refractivity contribution in [3.05, 3.63) is 69.2 Å². The average molecular weight is 384 g/mol. The summed E-state index contributed by atoms with van der Waals surface area (Å²) in [5.41, 5.74) is 4.28. The van der Waals surface area contributed by atoms with Crippen molar-refractivity contribution in [2.45, 2.75) is 46.9 Å². The van der Waals surface area contributed by atoms with E-state index in [1.165, 1.54) is 16.9 Å². The molecule has 1 amide bonds. The number of benzene rings is 1. The second-order valence-electron chi connectivity index (χ2n) is 6.90. The third-order valence-corrected chi connectivity index (χ3v) is 5.21. The molecule has 0 saturated heterocycles. The van der Waals surface area contributed by atoms with Gasteiger partial charge in [0.25, 0.3) is 5.91 Å². The molecule has 0 aliphatic carbocycles. The van der Waals surface area contributed by atoms with E-state index < -0.39 is 0 Å². The lowest BCUT2D eigenvalue weighted by molar-refractivity contribution is 0.0940. The molecule has 142 valence electrons. The Hall–Kier alpha value is -2.60. The molecular weight excluding hydrogens is 358 g/mol. The van der Waals surface area contributed by atoms with Gasteiger partial charge < -0.3 is 10.1 Å². The first-order valence-corrected chi connectivity index (χ1v) is 9.87. The number of rotatable bonds is 7. The van der Waals surface area contributed by atoms with E-state index in [4.69, 9.17) is 4.74 Å². The summed E-state index contributed by atoms with van der Waals surface area (Å²) in [6, 6.07) is 11.9. The molecule has 1 aromatic carbocycles. The van der Waals surface area contributed by atoms with Crippen LogP contribution in [0.5, 0.6) is 5.75 Å². The van der Waals surface area contributed by atoms with Crippen LogP contribution in [0.15, 0.2) is 41.8 Å². The highest BCUT2D eigenvalue weighted by atomic mass is 32.1. The molecule has 6 heteroatoms. The van der Waals surface area contributed by atoms with E-state index in [2.05, 4.69) is 10.4 Å². The fourth-order valence-electron chi connectivity index (χ4n) is 2.83. The van der Waals surface area contributed by atoms with Gasteiger partial charge in [-0.25, -0.2) is 0 Å². The normalized spacial score (nSPS) is 12.0. The predicted molar refractivity (Wildman–Crippen MR) is 108 cm³/mol. The lowest BCUT2D eigenvalue weighted by atomic mass is 10.2. The molecule has 2 heterocycles. The maximum atomic E-state index is 12.5.